The number of sulfonamides is 1. The lowest BCUT2D eigenvalue weighted by atomic mass is 10.2. The van der Waals surface area contributed by atoms with Gasteiger partial charge in [0.1, 0.15) is 4.90 Å². The molecule has 0 saturated carbocycles. The molecule has 0 unspecified atom stereocenters. The van der Waals surface area contributed by atoms with E-state index in [1.165, 1.54) is 16.4 Å². The lowest BCUT2D eigenvalue weighted by molar-refractivity contribution is -0.116. The third-order valence-corrected chi connectivity index (χ3v) is 6.21. The number of halogens is 1. The summed E-state index contributed by atoms with van der Waals surface area (Å²) in [5.74, 6) is 0.581. The smallest absolute Gasteiger partial charge is 0.244 e. The van der Waals surface area contributed by atoms with Gasteiger partial charge in [-0.1, -0.05) is 30.6 Å². The van der Waals surface area contributed by atoms with Crippen molar-refractivity contribution >= 4 is 33.2 Å². The number of carbonyl (C=O) groups excluding carboxylic acids is 1. The zero-order chi connectivity index (χ0) is 19.3. The number of nitrogens with one attached hydrogen (secondary N) is 1. The van der Waals surface area contributed by atoms with Gasteiger partial charge in [-0.25, -0.2) is 8.42 Å². The molecule has 2 aromatic rings. The van der Waals surface area contributed by atoms with Crippen LogP contribution in [0.15, 0.2) is 27.6 Å². The minimum atomic E-state index is -3.73. The van der Waals surface area contributed by atoms with E-state index >= 15 is 0 Å². The quantitative estimate of drug-likeness (QED) is 0.730. The van der Waals surface area contributed by atoms with Crippen molar-refractivity contribution < 1.29 is 17.7 Å². The van der Waals surface area contributed by atoms with E-state index in [2.05, 4.69) is 15.5 Å². The minimum absolute atomic E-state index is 0.0341. The molecule has 1 heterocycles. The van der Waals surface area contributed by atoms with Crippen LogP contribution in [0, 0.1) is 6.92 Å². The number of rotatable bonds is 8. The molecule has 0 spiro atoms. The van der Waals surface area contributed by atoms with Crippen LogP contribution in [0.25, 0.3) is 0 Å². The lowest BCUT2D eigenvalue weighted by Crippen LogP contribution is -2.30. The van der Waals surface area contributed by atoms with Crippen LogP contribution >= 0.6 is 11.6 Å². The molecule has 26 heavy (non-hydrogen) atoms. The van der Waals surface area contributed by atoms with E-state index in [0.717, 1.165) is 0 Å². The predicted molar refractivity (Wildman–Crippen MR) is 97.5 cm³/mol. The van der Waals surface area contributed by atoms with Gasteiger partial charge < -0.3 is 9.84 Å². The number of hydrogen-bond donors (Lipinski definition) is 1. The molecule has 1 amide bonds. The first-order valence-corrected chi connectivity index (χ1v) is 9.98. The van der Waals surface area contributed by atoms with E-state index in [4.69, 9.17) is 16.1 Å². The van der Waals surface area contributed by atoms with Crippen LogP contribution in [0.1, 0.15) is 32.0 Å². The Morgan fingerprint density at radius 3 is 2.58 bits per heavy atom. The Morgan fingerprint density at radius 1 is 1.31 bits per heavy atom. The van der Waals surface area contributed by atoms with E-state index in [1.807, 2.05) is 0 Å². The van der Waals surface area contributed by atoms with Crippen LogP contribution in [-0.2, 0) is 21.2 Å². The number of aromatic nitrogens is 2. The van der Waals surface area contributed by atoms with Crippen molar-refractivity contribution in [2.24, 2.45) is 0 Å². The molecule has 0 atom stereocenters. The Bertz CT molecular complexity index is 878. The summed E-state index contributed by atoms with van der Waals surface area (Å²) in [4.78, 5) is 16.1. The molecule has 10 heteroatoms. The van der Waals surface area contributed by atoms with Crippen molar-refractivity contribution in [3.05, 3.63) is 34.9 Å². The first kappa shape index (κ1) is 20.3. The van der Waals surface area contributed by atoms with Gasteiger partial charge in [-0.2, -0.15) is 9.29 Å². The highest BCUT2D eigenvalue weighted by atomic mass is 35.5. The Hall–Kier alpha value is -1.97. The summed E-state index contributed by atoms with van der Waals surface area (Å²) < 4.78 is 31.6. The lowest BCUT2D eigenvalue weighted by Gasteiger charge is -2.19. The summed E-state index contributed by atoms with van der Waals surface area (Å²) in [5.41, 5.74) is 0.354. The number of aryl methyl sites for hydroxylation is 2. The minimum Gasteiger partial charge on any atom is -0.339 e. The predicted octanol–water partition coefficient (Wildman–Crippen LogP) is 2.63. The van der Waals surface area contributed by atoms with Gasteiger partial charge >= 0.3 is 0 Å². The van der Waals surface area contributed by atoms with E-state index in [-0.39, 0.29) is 22.2 Å². The second-order valence-electron chi connectivity index (χ2n) is 5.52. The van der Waals surface area contributed by atoms with Gasteiger partial charge in [-0.05, 0) is 25.1 Å². The first-order chi connectivity index (χ1) is 12.3. The van der Waals surface area contributed by atoms with Crippen molar-refractivity contribution in [2.75, 3.05) is 18.4 Å². The second-order valence-corrected chi connectivity index (χ2v) is 7.83. The van der Waals surface area contributed by atoms with Crippen LogP contribution in [0.3, 0.4) is 0 Å². The van der Waals surface area contributed by atoms with E-state index < -0.39 is 10.0 Å². The maximum absolute atomic E-state index is 12.7. The van der Waals surface area contributed by atoms with E-state index in [1.54, 1.807) is 26.8 Å². The molecule has 0 aliphatic rings. The zero-order valence-corrected chi connectivity index (χ0v) is 16.4. The fraction of sp³-hybridized carbons (Fsp3) is 0.438. The molecule has 0 aliphatic carbocycles. The highest BCUT2D eigenvalue weighted by molar-refractivity contribution is 7.89. The number of nitrogens with zero attached hydrogens (tertiary/aromatic N) is 3. The number of carbonyl (C=O) groups is 1. The monoisotopic (exact) mass is 400 g/mol. The molecule has 2 rings (SSSR count). The molecule has 0 fully saturated rings. The number of anilines is 1. The van der Waals surface area contributed by atoms with Gasteiger partial charge in [0.25, 0.3) is 0 Å². The summed E-state index contributed by atoms with van der Waals surface area (Å²) in [7, 11) is -3.73. The Morgan fingerprint density at radius 2 is 2.00 bits per heavy atom. The maximum Gasteiger partial charge on any atom is 0.244 e. The third-order valence-electron chi connectivity index (χ3n) is 3.67. The fourth-order valence-electron chi connectivity index (χ4n) is 2.37. The van der Waals surface area contributed by atoms with Crippen molar-refractivity contribution in [1.82, 2.24) is 14.4 Å². The molecule has 0 radical (unpaired) electrons. The van der Waals surface area contributed by atoms with Crippen LogP contribution < -0.4 is 5.32 Å². The molecule has 142 valence electrons. The SMILES string of the molecule is CCN(CC)S(=O)(=O)c1cc(NC(=O)CCc2nc(C)no2)ccc1Cl. The van der Waals surface area contributed by atoms with Gasteiger partial charge in [0.15, 0.2) is 5.82 Å². The van der Waals surface area contributed by atoms with Gasteiger partial charge in [-0.3, -0.25) is 4.79 Å². The van der Waals surface area contributed by atoms with Crippen LogP contribution in [-0.4, -0.2) is 41.9 Å². The van der Waals surface area contributed by atoms with Gasteiger partial charge in [-0.15, -0.1) is 0 Å². The van der Waals surface area contributed by atoms with Crippen LogP contribution in [0.2, 0.25) is 5.02 Å². The standard InChI is InChI=1S/C16H21ClN4O4S/c1-4-21(5-2)26(23,24)14-10-12(6-7-13(14)17)19-15(22)8-9-16-18-11(3)20-25-16/h6-7,10H,4-5,8-9H2,1-3H3,(H,19,22). The Kier molecular flexibility index (Phi) is 6.74. The molecular formula is C16H21ClN4O4S. The summed E-state index contributed by atoms with van der Waals surface area (Å²) in [6.45, 7) is 5.85. The Balaban J connectivity index is 2.12. The average Bonchev–Trinajstić information content (AvgIpc) is 3.01. The molecule has 1 N–H and O–H groups in total. The fourth-order valence-corrected chi connectivity index (χ4v) is 4.33. The average molecular weight is 401 g/mol. The molecule has 0 saturated heterocycles. The molecule has 0 aliphatic heterocycles. The topological polar surface area (TPSA) is 105 Å². The number of hydrogen-bond acceptors (Lipinski definition) is 6. The van der Waals surface area contributed by atoms with E-state index in [0.29, 0.717) is 36.9 Å². The second kappa shape index (κ2) is 8.61. The number of amides is 1. The van der Waals surface area contributed by atoms with Crippen LogP contribution in [0.4, 0.5) is 5.69 Å². The summed E-state index contributed by atoms with van der Waals surface area (Å²) in [6, 6.07) is 4.37. The maximum atomic E-state index is 12.7. The van der Waals surface area contributed by atoms with Crippen molar-refractivity contribution in [2.45, 2.75) is 38.5 Å². The molecular weight excluding hydrogens is 380 g/mol. The first-order valence-electron chi connectivity index (χ1n) is 8.16. The third kappa shape index (κ3) is 4.80. The van der Waals surface area contributed by atoms with Crippen molar-refractivity contribution in [3.63, 3.8) is 0 Å². The summed E-state index contributed by atoms with van der Waals surface area (Å²) >= 11 is 6.07. The summed E-state index contributed by atoms with van der Waals surface area (Å²) in [6.07, 6.45) is 0.424. The Labute approximate surface area is 157 Å². The molecule has 1 aromatic carbocycles. The summed E-state index contributed by atoms with van der Waals surface area (Å²) in [5, 5.41) is 6.43. The highest BCUT2D eigenvalue weighted by Gasteiger charge is 2.25. The van der Waals surface area contributed by atoms with E-state index in [9.17, 15) is 13.2 Å². The van der Waals surface area contributed by atoms with Crippen molar-refractivity contribution in [3.8, 4) is 0 Å². The molecule has 0 bridgehead atoms. The largest absolute Gasteiger partial charge is 0.339 e. The normalized spacial score (nSPS) is 11.7. The van der Waals surface area contributed by atoms with Crippen molar-refractivity contribution in [1.29, 1.82) is 0 Å². The zero-order valence-electron chi connectivity index (χ0n) is 14.8. The molecule has 1 aromatic heterocycles. The van der Waals surface area contributed by atoms with Gasteiger partial charge in [0.2, 0.25) is 21.8 Å². The van der Waals surface area contributed by atoms with Gasteiger partial charge in [0.05, 0.1) is 5.02 Å². The van der Waals surface area contributed by atoms with Gasteiger partial charge in [0, 0.05) is 31.6 Å². The highest BCUT2D eigenvalue weighted by Crippen LogP contribution is 2.27. The molecule has 8 nitrogen and oxygen atoms in total. The van der Waals surface area contributed by atoms with Crippen LogP contribution in [0.5, 0.6) is 0 Å². The number of benzene rings is 1.